The highest BCUT2D eigenvalue weighted by Crippen LogP contribution is 2.27. The van der Waals surface area contributed by atoms with Crippen LogP contribution in [0.5, 0.6) is 0 Å². The van der Waals surface area contributed by atoms with Gasteiger partial charge in [-0.05, 0) is 19.1 Å². The molecular weight excluding hydrogens is 266 g/mol. The van der Waals surface area contributed by atoms with Gasteiger partial charge in [0.25, 0.3) is 0 Å². The van der Waals surface area contributed by atoms with Crippen LogP contribution in [-0.2, 0) is 6.54 Å². The second kappa shape index (κ2) is 5.32. The highest BCUT2D eigenvalue weighted by atomic mass is 32.1. The summed E-state index contributed by atoms with van der Waals surface area (Å²) in [5, 5.41) is 15.7. The van der Waals surface area contributed by atoms with E-state index in [-0.39, 0.29) is 0 Å². The molecule has 3 nitrogen and oxygen atoms in total. The summed E-state index contributed by atoms with van der Waals surface area (Å²) in [6, 6.07) is 14.0. The largest absolute Gasteiger partial charge is 0.378 e. The van der Waals surface area contributed by atoms with E-state index in [4.69, 9.17) is 5.26 Å². The maximum Gasteiger partial charge on any atom is 0.112 e. The van der Waals surface area contributed by atoms with Gasteiger partial charge in [0.15, 0.2) is 0 Å². The smallest absolute Gasteiger partial charge is 0.112 e. The molecule has 0 radical (unpaired) electrons. The van der Waals surface area contributed by atoms with Gasteiger partial charge in [-0.1, -0.05) is 24.3 Å². The molecule has 0 atom stereocenters. The number of benzene rings is 2. The Labute approximate surface area is 121 Å². The topological polar surface area (TPSA) is 48.7 Å². The summed E-state index contributed by atoms with van der Waals surface area (Å²) in [7, 11) is 0. The average molecular weight is 279 g/mol. The Balaban J connectivity index is 1.94. The summed E-state index contributed by atoms with van der Waals surface area (Å²) in [4.78, 5) is 5.56. The van der Waals surface area contributed by atoms with E-state index in [1.54, 1.807) is 11.3 Å². The number of nitriles is 1. The van der Waals surface area contributed by atoms with Gasteiger partial charge < -0.3 is 5.32 Å². The SMILES string of the molecule is Cc1cnc(CNc2ccc(C#N)c3ccccc23)s1. The van der Waals surface area contributed by atoms with Crippen LogP contribution < -0.4 is 5.32 Å². The third-order valence-corrected chi connectivity index (χ3v) is 4.06. The molecule has 0 aliphatic heterocycles. The maximum absolute atomic E-state index is 9.16. The minimum atomic E-state index is 0.703. The number of aryl methyl sites for hydroxylation is 1. The lowest BCUT2D eigenvalue weighted by atomic mass is 10.0. The predicted octanol–water partition coefficient (Wildman–Crippen LogP) is 4.09. The third kappa shape index (κ3) is 2.36. The molecule has 4 heteroatoms. The van der Waals surface area contributed by atoms with Crippen molar-refractivity contribution in [2.24, 2.45) is 0 Å². The summed E-state index contributed by atoms with van der Waals surface area (Å²) in [6.45, 7) is 2.76. The van der Waals surface area contributed by atoms with E-state index in [0.717, 1.165) is 21.5 Å². The lowest BCUT2D eigenvalue weighted by Crippen LogP contribution is -1.99. The van der Waals surface area contributed by atoms with E-state index in [9.17, 15) is 0 Å². The molecule has 0 aliphatic carbocycles. The minimum Gasteiger partial charge on any atom is -0.378 e. The average Bonchev–Trinajstić information content (AvgIpc) is 2.90. The molecule has 3 aromatic rings. The summed E-state index contributed by atoms with van der Waals surface area (Å²) < 4.78 is 0. The van der Waals surface area contributed by atoms with Gasteiger partial charge in [-0.2, -0.15) is 5.26 Å². The zero-order valence-corrected chi connectivity index (χ0v) is 11.9. The van der Waals surface area contributed by atoms with E-state index >= 15 is 0 Å². The number of anilines is 1. The van der Waals surface area contributed by atoms with Crippen LogP contribution in [0, 0.1) is 18.3 Å². The minimum absolute atomic E-state index is 0.703. The van der Waals surface area contributed by atoms with Gasteiger partial charge in [0, 0.05) is 27.5 Å². The van der Waals surface area contributed by atoms with E-state index in [1.807, 2.05) is 42.6 Å². The van der Waals surface area contributed by atoms with E-state index in [1.165, 1.54) is 4.88 Å². The van der Waals surface area contributed by atoms with Crippen molar-refractivity contribution in [3.63, 3.8) is 0 Å². The fourth-order valence-electron chi connectivity index (χ4n) is 2.20. The van der Waals surface area contributed by atoms with E-state index in [2.05, 4.69) is 23.3 Å². The second-order valence-electron chi connectivity index (χ2n) is 4.54. The molecular formula is C16H13N3S. The first-order valence-corrected chi connectivity index (χ1v) is 7.16. The Morgan fingerprint density at radius 2 is 2.00 bits per heavy atom. The Morgan fingerprint density at radius 3 is 2.70 bits per heavy atom. The molecule has 2 aromatic carbocycles. The Kier molecular flexibility index (Phi) is 3.36. The van der Waals surface area contributed by atoms with E-state index in [0.29, 0.717) is 12.1 Å². The first kappa shape index (κ1) is 12.6. The molecule has 0 saturated carbocycles. The molecule has 1 N–H and O–H groups in total. The van der Waals surface area contributed by atoms with Crippen LogP contribution in [0.4, 0.5) is 5.69 Å². The van der Waals surface area contributed by atoms with Crippen molar-refractivity contribution >= 4 is 27.8 Å². The maximum atomic E-state index is 9.16. The van der Waals surface area contributed by atoms with Crippen LogP contribution in [0.2, 0.25) is 0 Å². The monoisotopic (exact) mass is 279 g/mol. The van der Waals surface area contributed by atoms with Crippen molar-refractivity contribution in [1.82, 2.24) is 4.98 Å². The Morgan fingerprint density at radius 1 is 1.20 bits per heavy atom. The summed E-state index contributed by atoms with van der Waals surface area (Å²) >= 11 is 1.69. The molecule has 0 amide bonds. The van der Waals surface area contributed by atoms with Gasteiger partial charge in [0.05, 0.1) is 18.2 Å². The normalized spacial score (nSPS) is 10.4. The number of fused-ring (bicyclic) bond motifs is 1. The number of thiazole rings is 1. The van der Waals surface area contributed by atoms with Gasteiger partial charge in [-0.25, -0.2) is 4.98 Å². The second-order valence-corrected chi connectivity index (χ2v) is 5.86. The van der Waals surface area contributed by atoms with Crippen LogP contribution in [-0.4, -0.2) is 4.98 Å². The molecule has 20 heavy (non-hydrogen) atoms. The number of hydrogen-bond acceptors (Lipinski definition) is 4. The summed E-state index contributed by atoms with van der Waals surface area (Å²) in [5.74, 6) is 0. The van der Waals surface area contributed by atoms with Crippen molar-refractivity contribution in [3.8, 4) is 6.07 Å². The molecule has 0 aliphatic rings. The number of rotatable bonds is 3. The number of nitrogens with one attached hydrogen (secondary N) is 1. The fourth-order valence-corrected chi connectivity index (χ4v) is 2.93. The van der Waals surface area contributed by atoms with Crippen molar-refractivity contribution < 1.29 is 0 Å². The highest BCUT2D eigenvalue weighted by Gasteiger charge is 2.06. The first-order chi connectivity index (χ1) is 9.78. The molecule has 0 fully saturated rings. The fraction of sp³-hybridized carbons (Fsp3) is 0.125. The van der Waals surface area contributed by atoms with Crippen LogP contribution >= 0.6 is 11.3 Å². The van der Waals surface area contributed by atoms with Crippen molar-refractivity contribution in [3.05, 3.63) is 58.0 Å². The van der Waals surface area contributed by atoms with Gasteiger partial charge in [-0.15, -0.1) is 11.3 Å². The zero-order chi connectivity index (χ0) is 13.9. The number of nitrogens with zero attached hydrogens (tertiary/aromatic N) is 2. The number of aromatic nitrogens is 1. The lowest BCUT2D eigenvalue weighted by Gasteiger charge is -2.09. The van der Waals surface area contributed by atoms with Crippen LogP contribution in [0.15, 0.2) is 42.6 Å². The molecule has 0 unspecified atom stereocenters. The first-order valence-electron chi connectivity index (χ1n) is 6.35. The van der Waals surface area contributed by atoms with E-state index < -0.39 is 0 Å². The van der Waals surface area contributed by atoms with Crippen molar-refractivity contribution in [1.29, 1.82) is 5.26 Å². The van der Waals surface area contributed by atoms with Crippen molar-refractivity contribution in [2.45, 2.75) is 13.5 Å². The Hall–Kier alpha value is -2.38. The van der Waals surface area contributed by atoms with Crippen LogP contribution in [0.25, 0.3) is 10.8 Å². The third-order valence-electron chi connectivity index (χ3n) is 3.14. The zero-order valence-electron chi connectivity index (χ0n) is 11.1. The molecule has 3 rings (SSSR count). The quantitative estimate of drug-likeness (QED) is 0.785. The molecule has 0 spiro atoms. The molecule has 0 bridgehead atoms. The summed E-state index contributed by atoms with van der Waals surface area (Å²) in [5.41, 5.74) is 1.74. The van der Waals surface area contributed by atoms with Crippen LogP contribution in [0.3, 0.4) is 0 Å². The molecule has 1 heterocycles. The standard InChI is InChI=1S/C16H13N3S/c1-11-9-19-16(20-11)10-18-15-7-6-12(8-17)13-4-2-3-5-14(13)15/h2-7,9,18H,10H2,1H3. The lowest BCUT2D eigenvalue weighted by molar-refractivity contribution is 1.11. The van der Waals surface area contributed by atoms with Gasteiger partial charge in [0.2, 0.25) is 0 Å². The van der Waals surface area contributed by atoms with Gasteiger partial charge >= 0.3 is 0 Å². The van der Waals surface area contributed by atoms with Gasteiger partial charge in [0.1, 0.15) is 5.01 Å². The Bertz CT molecular complexity index is 799. The molecule has 0 saturated heterocycles. The summed E-state index contributed by atoms with van der Waals surface area (Å²) in [6.07, 6.45) is 1.89. The highest BCUT2D eigenvalue weighted by molar-refractivity contribution is 7.11. The predicted molar refractivity (Wildman–Crippen MR) is 82.8 cm³/mol. The van der Waals surface area contributed by atoms with Crippen molar-refractivity contribution in [2.75, 3.05) is 5.32 Å². The molecule has 98 valence electrons. The molecule has 1 aromatic heterocycles. The van der Waals surface area contributed by atoms with Gasteiger partial charge in [-0.3, -0.25) is 0 Å². The van der Waals surface area contributed by atoms with Crippen LogP contribution in [0.1, 0.15) is 15.4 Å². The number of hydrogen-bond donors (Lipinski definition) is 1.